The van der Waals surface area contributed by atoms with Gasteiger partial charge in [-0.25, -0.2) is 0 Å². The summed E-state index contributed by atoms with van der Waals surface area (Å²) in [4.78, 5) is 0. The van der Waals surface area contributed by atoms with Crippen LogP contribution in [0, 0.1) is 0 Å². The van der Waals surface area contributed by atoms with E-state index in [-0.39, 0.29) is 0 Å². The third-order valence-corrected chi connectivity index (χ3v) is 2.99. The highest BCUT2D eigenvalue weighted by Crippen LogP contribution is 2.23. The van der Waals surface area contributed by atoms with Crippen molar-refractivity contribution < 1.29 is 0 Å². The SMILES string of the molecule is CC(C)NCC(C)c1ccccc1Br. The Hall–Kier alpha value is -0.340. The molecule has 0 fully saturated rings. The van der Waals surface area contributed by atoms with E-state index in [1.807, 2.05) is 0 Å². The topological polar surface area (TPSA) is 12.0 Å². The average Bonchev–Trinajstić information content (AvgIpc) is 2.15. The van der Waals surface area contributed by atoms with Crippen molar-refractivity contribution >= 4 is 15.9 Å². The molecule has 0 aromatic heterocycles. The number of benzene rings is 1. The van der Waals surface area contributed by atoms with E-state index in [2.05, 4.69) is 66.3 Å². The summed E-state index contributed by atoms with van der Waals surface area (Å²) in [6, 6.07) is 8.97. The Morgan fingerprint density at radius 2 is 1.86 bits per heavy atom. The van der Waals surface area contributed by atoms with E-state index in [1.165, 1.54) is 10.0 Å². The molecular formula is C12H18BrN. The molecule has 0 saturated carbocycles. The minimum atomic E-state index is 0.549. The Kier molecular flexibility index (Phi) is 4.63. The summed E-state index contributed by atoms with van der Waals surface area (Å²) >= 11 is 3.58. The van der Waals surface area contributed by atoms with Gasteiger partial charge in [-0.3, -0.25) is 0 Å². The summed E-state index contributed by atoms with van der Waals surface area (Å²) in [6.07, 6.45) is 0. The highest BCUT2D eigenvalue weighted by atomic mass is 79.9. The van der Waals surface area contributed by atoms with E-state index in [9.17, 15) is 0 Å². The minimum Gasteiger partial charge on any atom is -0.314 e. The van der Waals surface area contributed by atoms with Gasteiger partial charge in [0.15, 0.2) is 0 Å². The van der Waals surface area contributed by atoms with Crippen LogP contribution in [0.1, 0.15) is 32.3 Å². The molecule has 0 spiro atoms. The smallest absolute Gasteiger partial charge is 0.0210 e. The predicted molar refractivity (Wildman–Crippen MR) is 65.7 cm³/mol. The van der Waals surface area contributed by atoms with Gasteiger partial charge in [0, 0.05) is 17.1 Å². The normalized spacial score (nSPS) is 13.2. The van der Waals surface area contributed by atoms with Crippen LogP contribution >= 0.6 is 15.9 Å². The Morgan fingerprint density at radius 1 is 1.21 bits per heavy atom. The molecule has 0 radical (unpaired) electrons. The van der Waals surface area contributed by atoms with Crippen molar-refractivity contribution in [2.45, 2.75) is 32.7 Å². The summed E-state index contributed by atoms with van der Waals surface area (Å²) in [7, 11) is 0. The zero-order chi connectivity index (χ0) is 10.6. The number of hydrogen-bond donors (Lipinski definition) is 1. The highest BCUT2D eigenvalue weighted by Gasteiger charge is 2.08. The second-order valence-corrected chi connectivity index (χ2v) is 4.84. The molecule has 1 nitrogen and oxygen atoms in total. The molecule has 1 unspecified atom stereocenters. The number of nitrogens with one attached hydrogen (secondary N) is 1. The van der Waals surface area contributed by atoms with E-state index < -0.39 is 0 Å². The van der Waals surface area contributed by atoms with Gasteiger partial charge in [0.1, 0.15) is 0 Å². The standard InChI is InChI=1S/C12H18BrN/c1-9(2)14-8-10(3)11-6-4-5-7-12(11)13/h4-7,9-10,14H,8H2,1-3H3. The molecule has 1 aromatic carbocycles. The van der Waals surface area contributed by atoms with Crippen molar-refractivity contribution in [1.29, 1.82) is 0 Å². The van der Waals surface area contributed by atoms with Crippen LogP contribution in [-0.4, -0.2) is 12.6 Å². The monoisotopic (exact) mass is 255 g/mol. The molecule has 0 amide bonds. The molecule has 0 heterocycles. The van der Waals surface area contributed by atoms with Gasteiger partial charge >= 0.3 is 0 Å². The van der Waals surface area contributed by atoms with Crippen LogP contribution in [0.5, 0.6) is 0 Å². The first kappa shape index (κ1) is 11.7. The second kappa shape index (κ2) is 5.52. The summed E-state index contributed by atoms with van der Waals surface area (Å²) in [5.74, 6) is 0.549. The van der Waals surface area contributed by atoms with Crippen molar-refractivity contribution in [3.63, 3.8) is 0 Å². The van der Waals surface area contributed by atoms with E-state index in [0.29, 0.717) is 12.0 Å². The molecule has 0 aliphatic carbocycles. The molecule has 0 aliphatic rings. The van der Waals surface area contributed by atoms with Gasteiger partial charge in [-0.05, 0) is 17.5 Å². The molecule has 2 heteroatoms. The average molecular weight is 256 g/mol. The second-order valence-electron chi connectivity index (χ2n) is 3.99. The lowest BCUT2D eigenvalue weighted by Gasteiger charge is -2.16. The van der Waals surface area contributed by atoms with Gasteiger partial charge < -0.3 is 5.32 Å². The van der Waals surface area contributed by atoms with Crippen LogP contribution in [-0.2, 0) is 0 Å². The molecule has 0 aliphatic heterocycles. The van der Waals surface area contributed by atoms with Gasteiger partial charge in [0.2, 0.25) is 0 Å². The lowest BCUT2D eigenvalue weighted by Crippen LogP contribution is -2.27. The molecule has 1 rings (SSSR count). The summed E-state index contributed by atoms with van der Waals surface area (Å²) < 4.78 is 1.21. The fourth-order valence-corrected chi connectivity index (χ4v) is 2.07. The van der Waals surface area contributed by atoms with Crippen LogP contribution < -0.4 is 5.32 Å². The molecule has 78 valence electrons. The van der Waals surface area contributed by atoms with Gasteiger partial charge in [0.25, 0.3) is 0 Å². The zero-order valence-corrected chi connectivity index (χ0v) is 10.6. The van der Waals surface area contributed by atoms with E-state index in [0.717, 1.165) is 6.54 Å². The van der Waals surface area contributed by atoms with Crippen LogP contribution in [0.4, 0.5) is 0 Å². The Bertz CT molecular complexity index is 283. The quantitative estimate of drug-likeness (QED) is 0.868. The molecule has 14 heavy (non-hydrogen) atoms. The molecule has 0 bridgehead atoms. The maximum atomic E-state index is 3.58. The fraction of sp³-hybridized carbons (Fsp3) is 0.500. The minimum absolute atomic E-state index is 0.549. The first-order valence-electron chi connectivity index (χ1n) is 5.09. The lowest BCUT2D eigenvalue weighted by atomic mass is 10.0. The first-order valence-corrected chi connectivity index (χ1v) is 5.88. The largest absolute Gasteiger partial charge is 0.314 e. The summed E-state index contributed by atoms with van der Waals surface area (Å²) in [6.45, 7) is 7.62. The first-order chi connectivity index (χ1) is 6.61. The van der Waals surface area contributed by atoms with Crippen molar-refractivity contribution in [2.75, 3.05) is 6.54 Å². The van der Waals surface area contributed by atoms with E-state index in [4.69, 9.17) is 0 Å². The van der Waals surface area contributed by atoms with Crippen LogP contribution in [0.3, 0.4) is 0 Å². The molecule has 1 N–H and O–H groups in total. The number of rotatable bonds is 4. The van der Waals surface area contributed by atoms with Crippen molar-refractivity contribution in [3.8, 4) is 0 Å². The van der Waals surface area contributed by atoms with Gasteiger partial charge in [-0.2, -0.15) is 0 Å². The van der Waals surface area contributed by atoms with Crippen molar-refractivity contribution in [2.24, 2.45) is 0 Å². The zero-order valence-electron chi connectivity index (χ0n) is 9.05. The summed E-state index contributed by atoms with van der Waals surface area (Å²) in [5, 5.41) is 3.45. The maximum absolute atomic E-state index is 3.58. The number of halogens is 1. The predicted octanol–water partition coefficient (Wildman–Crippen LogP) is 3.55. The fourth-order valence-electron chi connectivity index (χ4n) is 1.40. The van der Waals surface area contributed by atoms with Crippen LogP contribution in [0.15, 0.2) is 28.7 Å². The molecule has 1 atom stereocenters. The molecule has 0 saturated heterocycles. The van der Waals surface area contributed by atoms with Gasteiger partial charge in [-0.15, -0.1) is 0 Å². The third-order valence-electron chi connectivity index (χ3n) is 2.27. The van der Waals surface area contributed by atoms with Crippen LogP contribution in [0.2, 0.25) is 0 Å². The lowest BCUT2D eigenvalue weighted by molar-refractivity contribution is 0.547. The Labute approximate surface area is 95.0 Å². The van der Waals surface area contributed by atoms with E-state index in [1.54, 1.807) is 0 Å². The number of hydrogen-bond acceptors (Lipinski definition) is 1. The van der Waals surface area contributed by atoms with E-state index >= 15 is 0 Å². The van der Waals surface area contributed by atoms with Crippen molar-refractivity contribution in [1.82, 2.24) is 5.32 Å². The molecule has 1 aromatic rings. The highest BCUT2D eigenvalue weighted by molar-refractivity contribution is 9.10. The Morgan fingerprint density at radius 3 is 2.43 bits per heavy atom. The molecular weight excluding hydrogens is 238 g/mol. The Balaban J connectivity index is 2.60. The third kappa shape index (κ3) is 3.43. The van der Waals surface area contributed by atoms with Gasteiger partial charge in [0.05, 0.1) is 0 Å². The van der Waals surface area contributed by atoms with Crippen LogP contribution in [0.25, 0.3) is 0 Å². The summed E-state index contributed by atoms with van der Waals surface area (Å²) in [5.41, 5.74) is 1.38. The van der Waals surface area contributed by atoms with Gasteiger partial charge in [-0.1, -0.05) is 54.9 Å². The van der Waals surface area contributed by atoms with Crippen molar-refractivity contribution in [3.05, 3.63) is 34.3 Å². The maximum Gasteiger partial charge on any atom is 0.0210 e.